The Morgan fingerprint density at radius 3 is 2.70 bits per heavy atom. The molecule has 0 spiro atoms. The molecule has 0 fully saturated rings. The largest absolute Gasteiger partial charge is 0.400 e. The smallest absolute Gasteiger partial charge is 0.364 e. The van der Waals surface area contributed by atoms with Crippen molar-refractivity contribution >= 4 is 50.9 Å². The SMILES string of the molecule is CC(NC(=O)c1ccc2sc(C(F)(F)P(=O)(O)O)c(Br)c2c1)c1ccon1. The molecule has 0 aliphatic carbocycles. The summed E-state index contributed by atoms with van der Waals surface area (Å²) in [5.74, 6) is -0.464. The van der Waals surface area contributed by atoms with Gasteiger partial charge >= 0.3 is 13.3 Å². The first kappa shape index (κ1) is 20.1. The maximum Gasteiger partial charge on any atom is 0.400 e. The summed E-state index contributed by atoms with van der Waals surface area (Å²) < 4.78 is 44.2. The van der Waals surface area contributed by atoms with Crippen molar-refractivity contribution in [2.24, 2.45) is 0 Å². The Labute approximate surface area is 163 Å². The number of alkyl halides is 2. The summed E-state index contributed by atoms with van der Waals surface area (Å²) in [4.78, 5) is 29.5. The zero-order valence-corrected chi connectivity index (χ0v) is 16.8. The molecular formula is C15H12BrF2N2O5PS. The topological polar surface area (TPSA) is 113 Å². The number of fused-ring (bicyclic) bond motifs is 1. The van der Waals surface area contributed by atoms with Crippen molar-refractivity contribution in [2.75, 3.05) is 0 Å². The van der Waals surface area contributed by atoms with Crippen LogP contribution in [0.25, 0.3) is 10.1 Å². The Balaban J connectivity index is 1.95. The van der Waals surface area contributed by atoms with Crippen LogP contribution in [0.2, 0.25) is 0 Å². The molecule has 0 saturated carbocycles. The monoisotopic (exact) mass is 480 g/mol. The van der Waals surface area contributed by atoms with E-state index in [1.807, 2.05) is 0 Å². The van der Waals surface area contributed by atoms with Crippen LogP contribution in [0, 0.1) is 0 Å². The van der Waals surface area contributed by atoms with Crippen LogP contribution in [0.3, 0.4) is 0 Å². The van der Waals surface area contributed by atoms with Gasteiger partial charge in [-0.25, -0.2) is 0 Å². The standard InChI is InChI=1S/C15H12BrF2N2O5PS/c1-7(10-4-5-25-20-10)19-14(21)8-2-3-11-9(6-8)12(16)13(27-11)15(17,18)26(22,23)24/h2-7H,1H3,(H,19,21)(H2,22,23,24). The zero-order chi connectivity index (χ0) is 20.0. The molecule has 3 rings (SSSR count). The number of nitrogens with zero attached hydrogens (tertiary/aromatic N) is 1. The van der Waals surface area contributed by atoms with Crippen molar-refractivity contribution < 1.29 is 32.5 Å². The molecule has 27 heavy (non-hydrogen) atoms. The van der Waals surface area contributed by atoms with Crippen molar-refractivity contribution in [3.63, 3.8) is 0 Å². The van der Waals surface area contributed by atoms with Gasteiger partial charge in [0.15, 0.2) is 0 Å². The molecular weight excluding hydrogens is 469 g/mol. The normalized spacial score (nSPS) is 13.7. The van der Waals surface area contributed by atoms with E-state index >= 15 is 0 Å². The third-order valence-corrected chi connectivity index (χ3v) is 7.21. The molecule has 12 heteroatoms. The van der Waals surface area contributed by atoms with Crippen molar-refractivity contribution in [1.29, 1.82) is 0 Å². The number of carbonyl (C=O) groups is 1. The van der Waals surface area contributed by atoms with Crippen LogP contribution in [0.5, 0.6) is 0 Å². The third-order valence-electron chi connectivity index (χ3n) is 3.78. The van der Waals surface area contributed by atoms with E-state index < -0.39 is 30.1 Å². The van der Waals surface area contributed by atoms with Crippen LogP contribution in [0.1, 0.15) is 33.9 Å². The van der Waals surface area contributed by atoms with Gasteiger partial charge in [0.05, 0.1) is 6.04 Å². The van der Waals surface area contributed by atoms with Gasteiger partial charge in [0.2, 0.25) is 0 Å². The van der Waals surface area contributed by atoms with Crippen molar-refractivity contribution in [2.45, 2.75) is 18.6 Å². The number of amides is 1. The van der Waals surface area contributed by atoms with Crippen molar-refractivity contribution in [3.8, 4) is 0 Å². The summed E-state index contributed by atoms with van der Waals surface area (Å²) in [6.07, 6.45) is 1.37. The van der Waals surface area contributed by atoms with Gasteiger partial charge in [0.1, 0.15) is 16.8 Å². The van der Waals surface area contributed by atoms with E-state index in [4.69, 9.17) is 14.3 Å². The van der Waals surface area contributed by atoms with E-state index in [0.29, 0.717) is 21.7 Å². The summed E-state index contributed by atoms with van der Waals surface area (Å²) in [5.41, 5.74) is -3.62. The van der Waals surface area contributed by atoms with Crippen LogP contribution in [-0.4, -0.2) is 20.9 Å². The summed E-state index contributed by atoms with van der Waals surface area (Å²) >= 11 is 3.53. The molecule has 0 saturated heterocycles. The van der Waals surface area contributed by atoms with E-state index in [1.54, 1.807) is 13.0 Å². The summed E-state index contributed by atoms with van der Waals surface area (Å²) in [5, 5.41) is 6.68. The minimum absolute atomic E-state index is 0.157. The second-order valence-electron chi connectivity index (χ2n) is 5.66. The first-order valence-corrected chi connectivity index (χ1v) is 10.6. The highest BCUT2D eigenvalue weighted by Crippen LogP contribution is 2.62. The molecule has 7 nitrogen and oxygen atoms in total. The van der Waals surface area contributed by atoms with Gasteiger partial charge in [-0.3, -0.25) is 9.36 Å². The molecule has 1 unspecified atom stereocenters. The van der Waals surface area contributed by atoms with E-state index in [2.05, 4.69) is 26.4 Å². The molecule has 1 amide bonds. The van der Waals surface area contributed by atoms with Gasteiger partial charge < -0.3 is 19.6 Å². The Hall–Kier alpha value is -1.65. The number of hydrogen-bond donors (Lipinski definition) is 3. The minimum Gasteiger partial charge on any atom is -0.364 e. The summed E-state index contributed by atoms with van der Waals surface area (Å²) in [7, 11) is -5.70. The Kier molecular flexibility index (Phi) is 5.26. The van der Waals surface area contributed by atoms with Gasteiger partial charge in [0, 0.05) is 26.2 Å². The predicted molar refractivity (Wildman–Crippen MR) is 97.8 cm³/mol. The van der Waals surface area contributed by atoms with Crippen LogP contribution in [0.4, 0.5) is 8.78 Å². The molecule has 144 valence electrons. The molecule has 1 atom stereocenters. The predicted octanol–water partition coefficient (Wildman–Crippen LogP) is 4.37. The fourth-order valence-electron chi connectivity index (χ4n) is 2.33. The number of carbonyl (C=O) groups excluding carboxylic acids is 1. The number of aromatic nitrogens is 1. The first-order valence-electron chi connectivity index (χ1n) is 7.39. The van der Waals surface area contributed by atoms with Gasteiger partial charge in [-0.2, -0.15) is 8.78 Å². The molecule has 3 N–H and O–H groups in total. The molecule has 0 aliphatic heterocycles. The van der Waals surface area contributed by atoms with Crippen molar-refractivity contribution in [3.05, 3.63) is 51.1 Å². The molecule has 0 aliphatic rings. The minimum atomic E-state index is -5.70. The van der Waals surface area contributed by atoms with Crippen LogP contribution < -0.4 is 5.32 Å². The Morgan fingerprint density at radius 2 is 2.11 bits per heavy atom. The highest BCUT2D eigenvalue weighted by Gasteiger charge is 2.53. The lowest BCUT2D eigenvalue weighted by Gasteiger charge is -2.16. The maximum atomic E-state index is 14.1. The molecule has 0 radical (unpaired) electrons. The summed E-state index contributed by atoms with van der Waals surface area (Å²) in [6.45, 7) is 1.70. The molecule has 2 heterocycles. The summed E-state index contributed by atoms with van der Waals surface area (Å²) in [6, 6.07) is 5.42. The second kappa shape index (κ2) is 7.06. The zero-order valence-electron chi connectivity index (χ0n) is 13.5. The highest BCUT2D eigenvalue weighted by molar-refractivity contribution is 9.10. The Morgan fingerprint density at radius 1 is 1.41 bits per heavy atom. The van der Waals surface area contributed by atoms with E-state index in [9.17, 15) is 18.1 Å². The van der Waals surface area contributed by atoms with Gasteiger partial charge in [-0.05, 0) is 41.1 Å². The number of benzene rings is 1. The third kappa shape index (κ3) is 3.70. The van der Waals surface area contributed by atoms with E-state index in [1.165, 1.54) is 24.5 Å². The molecule has 0 bridgehead atoms. The first-order chi connectivity index (χ1) is 12.5. The molecule has 2 aromatic heterocycles. The lowest BCUT2D eigenvalue weighted by Crippen LogP contribution is -2.26. The molecule has 3 aromatic rings. The second-order valence-corrected chi connectivity index (χ2v) is 9.16. The fourth-order valence-corrected chi connectivity index (χ4v) is 5.26. The van der Waals surface area contributed by atoms with E-state index in [-0.39, 0.29) is 15.4 Å². The number of nitrogens with one attached hydrogen (secondary N) is 1. The fraction of sp³-hybridized carbons (Fsp3) is 0.200. The average Bonchev–Trinajstić information content (AvgIpc) is 3.22. The van der Waals surface area contributed by atoms with Gasteiger partial charge in [-0.15, -0.1) is 11.3 Å². The van der Waals surface area contributed by atoms with Gasteiger partial charge in [0.25, 0.3) is 5.91 Å². The number of rotatable bonds is 5. The van der Waals surface area contributed by atoms with Crippen LogP contribution in [-0.2, 0) is 10.2 Å². The quantitative estimate of drug-likeness (QED) is 0.467. The van der Waals surface area contributed by atoms with Crippen molar-refractivity contribution in [1.82, 2.24) is 10.5 Å². The number of hydrogen-bond acceptors (Lipinski definition) is 5. The number of thiophene rings is 1. The molecule has 1 aromatic carbocycles. The highest BCUT2D eigenvalue weighted by atomic mass is 79.9. The van der Waals surface area contributed by atoms with Crippen LogP contribution >= 0.6 is 34.9 Å². The van der Waals surface area contributed by atoms with E-state index in [0.717, 1.165) is 0 Å². The lowest BCUT2D eigenvalue weighted by atomic mass is 10.1. The lowest BCUT2D eigenvalue weighted by molar-refractivity contribution is 0.0595. The maximum absolute atomic E-state index is 14.1. The number of halogens is 3. The van der Waals surface area contributed by atoms with Crippen LogP contribution in [0.15, 0.2) is 39.5 Å². The Bertz CT molecular complexity index is 1050. The average molecular weight is 481 g/mol. The van der Waals surface area contributed by atoms with Gasteiger partial charge in [-0.1, -0.05) is 5.16 Å².